The molecule has 0 atom stereocenters. The third-order valence-corrected chi connectivity index (χ3v) is 3.99. The molecule has 1 aromatic heterocycles. The standard InChI is InChI=1S/C18H17FN3O/c19-16-10-13(11-20)4-5-15(16)12-23-18-3-1-2-17(22-18)14-6-8-21-9-7-14/h1-5,10,14H,6-9,12H2/q-1. The van der Waals surface area contributed by atoms with E-state index in [-0.39, 0.29) is 6.61 Å². The zero-order chi connectivity index (χ0) is 16.1. The van der Waals surface area contributed by atoms with E-state index in [0.29, 0.717) is 22.9 Å². The lowest BCUT2D eigenvalue weighted by atomic mass is 9.94. The van der Waals surface area contributed by atoms with Crippen LogP contribution in [0.25, 0.3) is 5.32 Å². The molecule has 0 N–H and O–H groups in total. The molecule has 1 aromatic carbocycles. The van der Waals surface area contributed by atoms with Gasteiger partial charge in [-0.15, -0.1) is 13.1 Å². The Balaban J connectivity index is 1.67. The molecule has 5 heteroatoms. The number of ether oxygens (including phenoxy) is 1. The number of benzene rings is 1. The van der Waals surface area contributed by atoms with E-state index in [4.69, 9.17) is 10.00 Å². The van der Waals surface area contributed by atoms with Gasteiger partial charge in [0.25, 0.3) is 0 Å². The van der Waals surface area contributed by atoms with Crippen molar-refractivity contribution >= 4 is 0 Å². The Labute approximate surface area is 134 Å². The fourth-order valence-electron chi connectivity index (χ4n) is 2.67. The minimum atomic E-state index is -0.436. The number of hydrogen-bond acceptors (Lipinski definition) is 3. The smallest absolute Gasteiger partial charge is 0.213 e. The Morgan fingerprint density at radius 2 is 2.09 bits per heavy atom. The van der Waals surface area contributed by atoms with Gasteiger partial charge in [0, 0.05) is 17.3 Å². The average Bonchev–Trinajstić information content (AvgIpc) is 2.61. The lowest BCUT2D eigenvalue weighted by Gasteiger charge is -2.31. The predicted molar refractivity (Wildman–Crippen MR) is 84.8 cm³/mol. The van der Waals surface area contributed by atoms with Crippen LogP contribution in [0.5, 0.6) is 5.88 Å². The number of piperidine rings is 1. The van der Waals surface area contributed by atoms with E-state index in [9.17, 15) is 4.39 Å². The van der Waals surface area contributed by atoms with Gasteiger partial charge < -0.3 is 10.1 Å². The molecule has 2 heterocycles. The number of pyridine rings is 1. The quantitative estimate of drug-likeness (QED) is 0.860. The molecule has 0 unspecified atom stereocenters. The van der Waals surface area contributed by atoms with Crippen LogP contribution in [-0.4, -0.2) is 18.1 Å². The summed E-state index contributed by atoms with van der Waals surface area (Å²) in [6, 6.07) is 12.0. The van der Waals surface area contributed by atoms with Gasteiger partial charge in [-0.05, 0) is 24.1 Å². The first kappa shape index (κ1) is 15.4. The number of hydrogen-bond donors (Lipinski definition) is 0. The van der Waals surface area contributed by atoms with E-state index in [2.05, 4.69) is 10.3 Å². The summed E-state index contributed by atoms with van der Waals surface area (Å²) < 4.78 is 19.5. The van der Waals surface area contributed by atoms with Gasteiger partial charge in [0.1, 0.15) is 12.4 Å². The number of rotatable bonds is 4. The Morgan fingerprint density at radius 3 is 2.83 bits per heavy atom. The monoisotopic (exact) mass is 310 g/mol. The molecule has 1 aliphatic rings. The van der Waals surface area contributed by atoms with Crippen molar-refractivity contribution in [2.24, 2.45) is 0 Å². The van der Waals surface area contributed by atoms with Crippen molar-refractivity contribution < 1.29 is 9.13 Å². The first-order chi connectivity index (χ1) is 11.3. The normalized spacial score (nSPS) is 15.1. The maximum absolute atomic E-state index is 13.8. The van der Waals surface area contributed by atoms with E-state index in [1.165, 1.54) is 6.07 Å². The summed E-state index contributed by atoms with van der Waals surface area (Å²) in [6.45, 7) is 1.86. The average molecular weight is 310 g/mol. The van der Waals surface area contributed by atoms with Crippen molar-refractivity contribution in [3.8, 4) is 11.9 Å². The molecule has 1 aliphatic heterocycles. The highest BCUT2D eigenvalue weighted by atomic mass is 19.1. The van der Waals surface area contributed by atoms with Gasteiger partial charge >= 0.3 is 0 Å². The number of halogens is 1. The second-order valence-electron chi connectivity index (χ2n) is 5.55. The summed E-state index contributed by atoms with van der Waals surface area (Å²) in [5.41, 5.74) is 1.72. The molecule has 0 bridgehead atoms. The highest BCUT2D eigenvalue weighted by Gasteiger charge is 2.13. The largest absolute Gasteiger partial charge is 0.662 e. The van der Waals surface area contributed by atoms with E-state index >= 15 is 0 Å². The van der Waals surface area contributed by atoms with Gasteiger partial charge in [0.2, 0.25) is 5.88 Å². The zero-order valence-corrected chi connectivity index (χ0v) is 12.7. The van der Waals surface area contributed by atoms with Crippen molar-refractivity contribution in [1.82, 2.24) is 4.98 Å². The van der Waals surface area contributed by atoms with Crippen molar-refractivity contribution in [3.63, 3.8) is 0 Å². The molecule has 0 saturated carbocycles. The molecule has 0 aliphatic carbocycles. The van der Waals surface area contributed by atoms with Crippen LogP contribution >= 0.6 is 0 Å². The van der Waals surface area contributed by atoms with Crippen molar-refractivity contribution in [2.45, 2.75) is 25.4 Å². The number of nitrogens with zero attached hydrogens (tertiary/aromatic N) is 3. The fraction of sp³-hybridized carbons (Fsp3) is 0.333. The van der Waals surface area contributed by atoms with Crippen LogP contribution in [0.4, 0.5) is 4.39 Å². The zero-order valence-electron chi connectivity index (χ0n) is 12.7. The van der Waals surface area contributed by atoms with Crippen LogP contribution in [0.2, 0.25) is 0 Å². The molecule has 0 spiro atoms. The first-order valence-corrected chi connectivity index (χ1v) is 7.68. The molecular formula is C18H17FN3O-. The van der Waals surface area contributed by atoms with Crippen molar-refractivity contribution in [2.75, 3.05) is 13.1 Å². The van der Waals surface area contributed by atoms with E-state index in [1.807, 2.05) is 18.2 Å². The first-order valence-electron chi connectivity index (χ1n) is 7.68. The third-order valence-electron chi connectivity index (χ3n) is 3.99. The lowest BCUT2D eigenvalue weighted by Crippen LogP contribution is -2.12. The molecule has 4 nitrogen and oxygen atoms in total. The minimum absolute atomic E-state index is 0.0913. The van der Waals surface area contributed by atoms with Crippen LogP contribution < -0.4 is 4.74 Å². The number of nitriles is 1. The molecule has 0 radical (unpaired) electrons. The molecule has 3 rings (SSSR count). The maximum atomic E-state index is 13.8. The van der Waals surface area contributed by atoms with Crippen LogP contribution in [0.15, 0.2) is 36.4 Å². The topological polar surface area (TPSA) is 60.0 Å². The Bertz CT molecular complexity index is 720. The minimum Gasteiger partial charge on any atom is -0.662 e. The summed E-state index contributed by atoms with van der Waals surface area (Å²) in [4.78, 5) is 4.54. The molecule has 23 heavy (non-hydrogen) atoms. The van der Waals surface area contributed by atoms with Crippen molar-refractivity contribution in [1.29, 1.82) is 5.26 Å². The molecule has 2 aromatic rings. The summed E-state index contributed by atoms with van der Waals surface area (Å²) >= 11 is 0. The molecule has 118 valence electrons. The van der Waals surface area contributed by atoms with E-state index in [1.54, 1.807) is 18.2 Å². The van der Waals surface area contributed by atoms with E-state index in [0.717, 1.165) is 31.6 Å². The summed E-state index contributed by atoms with van der Waals surface area (Å²) in [5, 5.41) is 13.1. The van der Waals surface area contributed by atoms with Gasteiger partial charge in [-0.2, -0.15) is 5.26 Å². The SMILES string of the molecule is N#Cc1ccc(COc2cccc(C3CC[N-]CC3)n2)c(F)c1. The van der Waals surface area contributed by atoms with Gasteiger partial charge in [0.15, 0.2) is 0 Å². The highest BCUT2D eigenvalue weighted by Crippen LogP contribution is 2.28. The van der Waals surface area contributed by atoms with Gasteiger partial charge in [0.05, 0.1) is 11.6 Å². The predicted octanol–water partition coefficient (Wildman–Crippen LogP) is 3.92. The van der Waals surface area contributed by atoms with Gasteiger partial charge in [-0.25, -0.2) is 9.37 Å². The van der Waals surface area contributed by atoms with Crippen LogP contribution in [-0.2, 0) is 6.61 Å². The second-order valence-corrected chi connectivity index (χ2v) is 5.55. The maximum Gasteiger partial charge on any atom is 0.213 e. The Kier molecular flexibility index (Phi) is 4.84. The fourth-order valence-corrected chi connectivity index (χ4v) is 2.67. The van der Waals surface area contributed by atoms with Gasteiger partial charge in [-0.1, -0.05) is 25.0 Å². The van der Waals surface area contributed by atoms with Crippen LogP contribution in [0.3, 0.4) is 0 Å². The summed E-state index contributed by atoms with van der Waals surface area (Å²) in [7, 11) is 0. The Hall–Kier alpha value is -2.45. The Morgan fingerprint density at radius 1 is 1.26 bits per heavy atom. The third kappa shape index (κ3) is 3.85. The van der Waals surface area contributed by atoms with Gasteiger partial charge in [-0.3, -0.25) is 0 Å². The molecular weight excluding hydrogens is 293 g/mol. The highest BCUT2D eigenvalue weighted by molar-refractivity contribution is 5.32. The molecule has 1 saturated heterocycles. The second kappa shape index (κ2) is 7.21. The molecule has 1 fully saturated rings. The molecule has 0 amide bonds. The van der Waals surface area contributed by atoms with E-state index < -0.39 is 5.82 Å². The number of aromatic nitrogens is 1. The van der Waals surface area contributed by atoms with Crippen LogP contribution in [0, 0.1) is 17.1 Å². The van der Waals surface area contributed by atoms with Crippen LogP contribution in [0.1, 0.15) is 35.6 Å². The lowest BCUT2D eigenvalue weighted by molar-refractivity contribution is 0.286. The summed E-state index contributed by atoms with van der Waals surface area (Å²) in [5.74, 6) is 0.477. The van der Waals surface area contributed by atoms with Crippen molar-refractivity contribution in [3.05, 3.63) is 64.4 Å². The summed E-state index contributed by atoms with van der Waals surface area (Å²) in [6.07, 6.45) is 2.03.